The van der Waals surface area contributed by atoms with Gasteiger partial charge in [0.15, 0.2) is 0 Å². The van der Waals surface area contributed by atoms with Gasteiger partial charge in [-0.15, -0.1) is 0 Å². The Morgan fingerprint density at radius 1 is 1.27 bits per heavy atom. The van der Waals surface area contributed by atoms with Gasteiger partial charge in [-0.2, -0.15) is 5.10 Å². The molecule has 26 heavy (non-hydrogen) atoms. The number of rotatable bonds is 6. The van der Waals surface area contributed by atoms with Crippen molar-refractivity contribution in [3.63, 3.8) is 0 Å². The Morgan fingerprint density at radius 2 is 1.92 bits per heavy atom. The van der Waals surface area contributed by atoms with Crippen molar-refractivity contribution in [2.75, 3.05) is 37.5 Å². The molecule has 0 aliphatic carbocycles. The van der Waals surface area contributed by atoms with Gasteiger partial charge < -0.3 is 19.7 Å². The van der Waals surface area contributed by atoms with Crippen LogP contribution in [0.1, 0.15) is 12.1 Å². The molecule has 1 N–H and O–H groups in total. The quantitative estimate of drug-likeness (QED) is 0.623. The molecular weight excluding hydrogens is 338 g/mol. The molecule has 1 saturated heterocycles. The van der Waals surface area contributed by atoms with Crippen molar-refractivity contribution >= 4 is 17.2 Å². The largest absolute Gasteiger partial charge is 0.497 e. The second-order valence-corrected chi connectivity index (χ2v) is 6.31. The van der Waals surface area contributed by atoms with Crippen molar-refractivity contribution in [2.24, 2.45) is 7.05 Å². The van der Waals surface area contributed by atoms with E-state index in [1.807, 2.05) is 18.2 Å². The van der Waals surface area contributed by atoms with E-state index in [2.05, 4.69) is 15.3 Å². The van der Waals surface area contributed by atoms with Crippen LogP contribution in [-0.2, 0) is 7.05 Å². The monoisotopic (exact) mass is 361 g/mol. The van der Waals surface area contributed by atoms with E-state index in [0.29, 0.717) is 11.5 Å². The summed E-state index contributed by atoms with van der Waals surface area (Å²) in [6, 6.07) is 5.83. The smallest absolute Gasteiger partial charge is 0.333 e. The van der Waals surface area contributed by atoms with Crippen molar-refractivity contribution in [3.8, 4) is 11.5 Å². The van der Waals surface area contributed by atoms with E-state index in [4.69, 9.17) is 9.47 Å². The summed E-state index contributed by atoms with van der Waals surface area (Å²) >= 11 is 0. The molecular formula is C17H23N5O4. The van der Waals surface area contributed by atoms with Crippen LogP contribution in [-0.4, -0.2) is 48.1 Å². The van der Waals surface area contributed by atoms with Gasteiger partial charge in [-0.3, -0.25) is 10.1 Å². The van der Waals surface area contributed by atoms with Crippen molar-refractivity contribution in [1.29, 1.82) is 0 Å². The second-order valence-electron chi connectivity index (χ2n) is 6.31. The first-order chi connectivity index (χ1) is 12.4. The summed E-state index contributed by atoms with van der Waals surface area (Å²) in [4.78, 5) is 13.2. The number of hydrogen-bond acceptors (Lipinski definition) is 7. The molecule has 0 saturated carbocycles. The first-order valence-electron chi connectivity index (χ1n) is 8.35. The fraction of sp³-hybridized carbons (Fsp3) is 0.471. The Balaban J connectivity index is 1.77. The first-order valence-corrected chi connectivity index (χ1v) is 8.35. The van der Waals surface area contributed by atoms with Gasteiger partial charge in [0.05, 0.1) is 19.1 Å². The van der Waals surface area contributed by atoms with E-state index in [1.165, 1.54) is 4.68 Å². The van der Waals surface area contributed by atoms with Crippen LogP contribution in [0.3, 0.4) is 0 Å². The Morgan fingerprint density at radius 3 is 2.50 bits per heavy atom. The molecule has 1 unspecified atom stereocenters. The van der Waals surface area contributed by atoms with Gasteiger partial charge in [0, 0.05) is 50.1 Å². The zero-order chi connectivity index (χ0) is 18.8. The van der Waals surface area contributed by atoms with Crippen LogP contribution in [0.4, 0.5) is 17.2 Å². The lowest BCUT2D eigenvalue weighted by Gasteiger charge is -2.20. The van der Waals surface area contributed by atoms with Crippen LogP contribution >= 0.6 is 0 Å². The van der Waals surface area contributed by atoms with Crippen molar-refractivity contribution < 1.29 is 14.4 Å². The van der Waals surface area contributed by atoms with E-state index in [0.717, 1.165) is 36.7 Å². The third-order valence-electron chi connectivity index (χ3n) is 4.60. The zero-order valence-electron chi connectivity index (χ0n) is 15.4. The Labute approximate surface area is 151 Å². The highest BCUT2D eigenvalue weighted by Gasteiger charge is 2.29. The molecule has 0 bridgehead atoms. The van der Waals surface area contributed by atoms with Gasteiger partial charge >= 0.3 is 5.69 Å². The molecule has 1 aromatic carbocycles. The number of aryl methyl sites for hydroxylation is 2. The molecule has 0 spiro atoms. The number of nitrogens with one attached hydrogen (secondary N) is 1. The van der Waals surface area contributed by atoms with Gasteiger partial charge in [0.25, 0.3) is 0 Å². The van der Waals surface area contributed by atoms with Gasteiger partial charge in [0.1, 0.15) is 17.2 Å². The summed E-state index contributed by atoms with van der Waals surface area (Å²) < 4.78 is 12.2. The highest BCUT2D eigenvalue weighted by molar-refractivity contribution is 5.61. The number of methoxy groups -OCH3 is 2. The van der Waals surface area contributed by atoms with Gasteiger partial charge in [-0.25, -0.2) is 4.68 Å². The minimum atomic E-state index is -0.385. The van der Waals surface area contributed by atoms with Gasteiger partial charge in [-0.1, -0.05) is 0 Å². The number of nitrogens with zero attached hydrogens (tertiary/aromatic N) is 4. The van der Waals surface area contributed by atoms with E-state index >= 15 is 0 Å². The number of aromatic nitrogens is 2. The molecule has 2 heterocycles. The van der Waals surface area contributed by atoms with Gasteiger partial charge in [-0.05, 0) is 13.3 Å². The molecule has 0 amide bonds. The summed E-state index contributed by atoms with van der Waals surface area (Å²) in [5.41, 5.74) is 1.45. The lowest BCUT2D eigenvalue weighted by Crippen LogP contribution is -2.27. The van der Waals surface area contributed by atoms with E-state index < -0.39 is 0 Å². The number of benzene rings is 1. The number of anilines is 2. The molecule has 1 atom stereocenters. The predicted molar refractivity (Wildman–Crippen MR) is 98.4 cm³/mol. The molecule has 140 valence electrons. The molecule has 1 aromatic heterocycles. The highest BCUT2D eigenvalue weighted by atomic mass is 16.6. The third kappa shape index (κ3) is 3.37. The van der Waals surface area contributed by atoms with Crippen molar-refractivity contribution in [1.82, 2.24) is 9.78 Å². The maximum absolute atomic E-state index is 11.3. The molecule has 1 fully saturated rings. The number of hydrogen-bond donors (Lipinski definition) is 1. The van der Waals surface area contributed by atoms with Crippen LogP contribution in [0, 0.1) is 17.0 Å². The summed E-state index contributed by atoms with van der Waals surface area (Å²) in [6.07, 6.45) is 0.862. The lowest BCUT2D eigenvalue weighted by molar-refractivity contribution is -0.384. The predicted octanol–water partition coefficient (Wildman–Crippen LogP) is 2.34. The minimum absolute atomic E-state index is 0.0361. The molecule has 9 heteroatoms. The topological polar surface area (TPSA) is 94.7 Å². The molecule has 3 rings (SSSR count). The van der Waals surface area contributed by atoms with E-state index in [9.17, 15) is 10.1 Å². The number of nitro groups is 1. The zero-order valence-corrected chi connectivity index (χ0v) is 15.4. The average Bonchev–Trinajstić information content (AvgIpc) is 3.19. The Kier molecular flexibility index (Phi) is 4.88. The molecule has 1 aliphatic rings. The standard InChI is InChI=1S/C17H23N5O4/c1-11-16(22(23)24)17(20(2)19-11)18-12-5-6-21(10-12)13-7-14(25-3)9-15(8-13)26-4/h7-9,12,18H,5-6,10H2,1-4H3. The molecule has 1 aliphatic heterocycles. The van der Waals surface area contributed by atoms with Gasteiger partial charge in [0.2, 0.25) is 5.82 Å². The lowest BCUT2D eigenvalue weighted by atomic mass is 10.2. The maximum atomic E-state index is 11.3. The normalized spacial score (nSPS) is 16.6. The highest BCUT2D eigenvalue weighted by Crippen LogP contribution is 2.33. The SMILES string of the molecule is COc1cc(OC)cc(N2CCC(Nc3c([N+](=O)[O-])c(C)nn3C)C2)c1. The number of ether oxygens (including phenoxy) is 2. The minimum Gasteiger partial charge on any atom is -0.497 e. The average molecular weight is 361 g/mol. The summed E-state index contributed by atoms with van der Waals surface area (Å²) in [7, 11) is 4.95. The van der Waals surface area contributed by atoms with E-state index in [1.54, 1.807) is 28.2 Å². The third-order valence-corrected chi connectivity index (χ3v) is 4.60. The maximum Gasteiger partial charge on any atom is 0.333 e. The van der Waals surface area contributed by atoms with Crippen LogP contribution in [0.5, 0.6) is 11.5 Å². The molecule has 0 radical (unpaired) electrons. The second kappa shape index (κ2) is 7.11. The molecule has 9 nitrogen and oxygen atoms in total. The van der Waals surface area contributed by atoms with Crippen molar-refractivity contribution in [3.05, 3.63) is 34.0 Å². The summed E-state index contributed by atoms with van der Waals surface area (Å²) in [5.74, 6) is 1.91. The Hall–Kier alpha value is -2.97. The van der Waals surface area contributed by atoms with Crippen LogP contribution in [0.2, 0.25) is 0 Å². The van der Waals surface area contributed by atoms with Crippen LogP contribution in [0.25, 0.3) is 0 Å². The summed E-state index contributed by atoms with van der Waals surface area (Å²) in [5, 5.41) is 18.8. The molecule has 2 aromatic rings. The first kappa shape index (κ1) is 17.8. The van der Waals surface area contributed by atoms with Crippen molar-refractivity contribution in [2.45, 2.75) is 19.4 Å². The van der Waals surface area contributed by atoms with Crippen LogP contribution in [0.15, 0.2) is 18.2 Å². The fourth-order valence-electron chi connectivity index (χ4n) is 3.31. The summed E-state index contributed by atoms with van der Waals surface area (Å²) in [6.45, 7) is 3.20. The Bertz CT molecular complexity index is 797. The van der Waals surface area contributed by atoms with E-state index in [-0.39, 0.29) is 16.7 Å². The fourth-order valence-corrected chi connectivity index (χ4v) is 3.31. The van der Waals surface area contributed by atoms with Crippen LogP contribution < -0.4 is 19.7 Å².